The van der Waals surface area contributed by atoms with E-state index in [0.717, 1.165) is 11.1 Å². The van der Waals surface area contributed by atoms with Gasteiger partial charge in [0.2, 0.25) is 0 Å². The van der Waals surface area contributed by atoms with Gasteiger partial charge < -0.3 is 10.2 Å². The monoisotopic (exact) mass is 444 g/mol. The number of hydrogen-bond donors (Lipinski definition) is 2. The maximum absolute atomic E-state index is 13.1. The second-order valence-corrected chi connectivity index (χ2v) is 7.84. The van der Waals surface area contributed by atoms with Crippen LogP contribution in [-0.4, -0.2) is 26.8 Å². The van der Waals surface area contributed by atoms with Crippen LogP contribution in [0.15, 0.2) is 72.3 Å². The number of benzene rings is 3. The fourth-order valence-electron chi connectivity index (χ4n) is 3.88. The number of aliphatic hydroxyl groups excluding tert-OH is 1. The van der Waals surface area contributed by atoms with E-state index < -0.39 is 28.4 Å². The molecular formula is C25H20N2O6. The summed E-state index contributed by atoms with van der Waals surface area (Å²) in [6, 6.07) is 15.5. The zero-order valence-corrected chi connectivity index (χ0v) is 17.9. The van der Waals surface area contributed by atoms with Crippen molar-refractivity contribution >= 4 is 28.8 Å². The van der Waals surface area contributed by atoms with Crippen LogP contribution in [0.25, 0.3) is 5.76 Å². The van der Waals surface area contributed by atoms with Crippen molar-refractivity contribution in [2.45, 2.75) is 19.9 Å². The summed E-state index contributed by atoms with van der Waals surface area (Å²) < 4.78 is 0. The molecule has 3 aromatic carbocycles. The second-order valence-electron chi connectivity index (χ2n) is 7.84. The van der Waals surface area contributed by atoms with Crippen molar-refractivity contribution in [3.05, 3.63) is 105 Å². The lowest BCUT2D eigenvalue weighted by Crippen LogP contribution is -2.29. The Morgan fingerprint density at radius 3 is 2.27 bits per heavy atom. The standard InChI is InChI=1S/C25H20N2O6/c1-14-6-9-19(12-15(14)2)26-22(17-4-3-5-20(28)13-17)21(24(30)25(26)31)23(29)16-7-10-18(11-8-16)27(32)33/h3-13,22,28-29H,1-2H3/b23-21+. The van der Waals surface area contributed by atoms with E-state index in [0.29, 0.717) is 11.3 Å². The van der Waals surface area contributed by atoms with Crippen LogP contribution >= 0.6 is 0 Å². The fourth-order valence-corrected chi connectivity index (χ4v) is 3.88. The summed E-state index contributed by atoms with van der Waals surface area (Å²) in [4.78, 5) is 37.9. The Balaban J connectivity index is 1.93. The first-order valence-electron chi connectivity index (χ1n) is 10.1. The Bertz CT molecular complexity index is 1330. The number of phenols is 1. The summed E-state index contributed by atoms with van der Waals surface area (Å²) in [6.45, 7) is 3.81. The third-order valence-electron chi connectivity index (χ3n) is 5.75. The van der Waals surface area contributed by atoms with Crippen LogP contribution in [0.5, 0.6) is 5.75 Å². The number of non-ortho nitro benzene ring substituents is 1. The van der Waals surface area contributed by atoms with Crippen LogP contribution < -0.4 is 4.90 Å². The average Bonchev–Trinajstić information content (AvgIpc) is 3.06. The molecule has 0 bridgehead atoms. The summed E-state index contributed by atoms with van der Waals surface area (Å²) in [6.07, 6.45) is 0. The quantitative estimate of drug-likeness (QED) is 0.200. The van der Waals surface area contributed by atoms with Gasteiger partial charge >= 0.3 is 0 Å². The third kappa shape index (κ3) is 3.82. The number of carbonyl (C=O) groups is 2. The maximum atomic E-state index is 13.1. The highest BCUT2D eigenvalue weighted by molar-refractivity contribution is 6.51. The van der Waals surface area contributed by atoms with Gasteiger partial charge in [-0.25, -0.2) is 0 Å². The van der Waals surface area contributed by atoms with Crippen molar-refractivity contribution < 1.29 is 24.7 Å². The Morgan fingerprint density at radius 1 is 0.970 bits per heavy atom. The molecule has 1 atom stereocenters. The smallest absolute Gasteiger partial charge is 0.300 e. The summed E-state index contributed by atoms with van der Waals surface area (Å²) in [5.74, 6) is -2.23. The van der Waals surface area contributed by atoms with E-state index in [4.69, 9.17) is 0 Å². The van der Waals surface area contributed by atoms with E-state index in [1.165, 1.54) is 41.3 Å². The number of rotatable bonds is 4. The van der Waals surface area contributed by atoms with Crippen LogP contribution in [0.4, 0.5) is 11.4 Å². The highest BCUT2D eigenvalue weighted by Crippen LogP contribution is 2.43. The molecule has 1 aliphatic rings. The van der Waals surface area contributed by atoms with Gasteiger partial charge in [-0.1, -0.05) is 18.2 Å². The Kier molecular flexibility index (Phi) is 5.43. The highest BCUT2D eigenvalue weighted by atomic mass is 16.6. The van der Waals surface area contributed by atoms with Gasteiger partial charge in [-0.15, -0.1) is 0 Å². The van der Waals surface area contributed by atoms with Crippen LogP contribution in [0.3, 0.4) is 0 Å². The first-order valence-corrected chi connectivity index (χ1v) is 10.1. The topological polar surface area (TPSA) is 121 Å². The predicted octanol–water partition coefficient (Wildman–Crippen LogP) is 4.54. The predicted molar refractivity (Wildman–Crippen MR) is 122 cm³/mol. The number of nitrogens with zero attached hydrogens (tertiary/aromatic N) is 2. The molecule has 2 N–H and O–H groups in total. The maximum Gasteiger partial charge on any atom is 0.300 e. The molecule has 0 spiro atoms. The largest absolute Gasteiger partial charge is 0.508 e. The van der Waals surface area contributed by atoms with Gasteiger partial charge in [0.05, 0.1) is 16.5 Å². The number of Topliss-reactive ketones (excluding diaryl/α,β-unsaturated/α-hetero) is 1. The highest BCUT2D eigenvalue weighted by Gasteiger charge is 2.47. The molecule has 1 fully saturated rings. The molecule has 0 aromatic heterocycles. The van der Waals surface area contributed by atoms with Crippen molar-refractivity contribution in [2.75, 3.05) is 4.90 Å². The van der Waals surface area contributed by atoms with Gasteiger partial charge in [-0.2, -0.15) is 0 Å². The van der Waals surface area contributed by atoms with Crippen molar-refractivity contribution in [2.24, 2.45) is 0 Å². The van der Waals surface area contributed by atoms with E-state index in [1.807, 2.05) is 19.9 Å². The zero-order valence-electron chi connectivity index (χ0n) is 17.9. The first-order chi connectivity index (χ1) is 15.7. The lowest BCUT2D eigenvalue weighted by atomic mass is 9.94. The van der Waals surface area contributed by atoms with Gasteiger partial charge in [0, 0.05) is 23.4 Å². The molecule has 3 aromatic rings. The molecule has 33 heavy (non-hydrogen) atoms. The van der Waals surface area contributed by atoms with E-state index in [-0.39, 0.29) is 22.6 Å². The van der Waals surface area contributed by atoms with Crippen molar-refractivity contribution in [1.29, 1.82) is 0 Å². The first kappa shape index (κ1) is 21.8. The number of ketones is 1. The van der Waals surface area contributed by atoms with Crippen LogP contribution in [-0.2, 0) is 9.59 Å². The molecule has 1 amide bonds. The van der Waals surface area contributed by atoms with Crippen molar-refractivity contribution in [3.8, 4) is 5.75 Å². The van der Waals surface area contributed by atoms with E-state index in [9.17, 15) is 29.9 Å². The molecule has 8 nitrogen and oxygen atoms in total. The van der Waals surface area contributed by atoms with Crippen LogP contribution in [0.2, 0.25) is 0 Å². The van der Waals surface area contributed by atoms with Gasteiger partial charge in [-0.3, -0.25) is 24.6 Å². The molecule has 8 heteroatoms. The minimum atomic E-state index is -1.01. The van der Waals surface area contributed by atoms with E-state index in [1.54, 1.807) is 24.3 Å². The van der Waals surface area contributed by atoms with Gasteiger partial charge in [0.25, 0.3) is 17.4 Å². The average molecular weight is 444 g/mol. The summed E-state index contributed by atoms with van der Waals surface area (Å²) >= 11 is 0. The number of phenolic OH excluding ortho intramolecular Hbond substituents is 1. The Labute approximate surface area is 189 Å². The number of nitro groups is 1. The number of anilines is 1. The second kappa shape index (κ2) is 8.23. The number of amides is 1. The van der Waals surface area contributed by atoms with Crippen LogP contribution in [0, 0.1) is 24.0 Å². The molecule has 166 valence electrons. The summed E-state index contributed by atoms with van der Waals surface area (Å²) in [5, 5.41) is 32.0. The summed E-state index contributed by atoms with van der Waals surface area (Å²) in [5.41, 5.74) is 2.63. The molecule has 0 saturated carbocycles. The van der Waals surface area contributed by atoms with E-state index in [2.05, 4.69) is 0 Å². The van der Waals surface area contributed by atoms with Crippen molar-refractivity contribution in [1.82, 2.24) is 0 Å². The van der Waals surface area contributed by atoms with Gasteiger partial charge in [0.15, 0.2) is 0 Å². The third-order valence-corrected chi connectivity index (χ3v) is 5.75. The Morgan fingerprint density at radius 2 is 1.67 bits per heavy atom. The molecule has 1 heterocycles. The number of aromatic hydroxyl groups is 1. The number of nitro benzene ring substituents is 1. The van der Waals surface area contributed by atoms with Gasteiger partial charge in [-0.05, 0) is 66.9 Å². The number of hydrogen-bond acceptors (Lipinski definition) is 6. The van der Waals surface area contributed by atoms with E-state index >= 15 is 0 Å². The lowest BCUT2D eigenvalue weighted by molar-refractivity contribution is -0.384. The lowest BCUT2D eigenvalue weighted by Gasteiger charge is -2.26. The molecule has 0 aliphatic carbocycles. The van der Waals surface area contributed by atoms with Crippen molar-refractivity contribution in [3.63, 3.8) is 0 Å². The SMILES string of the molecule is Cc1ccc(N2C(=O)C(=O)/C(=C(/O)c3ccc([N+](=O)[O-])cc3)C2c2cccc(O)c2)cc1C. The number of carbonyl (C=O) groups excluding carboxylic acids is 2. The number of aryl methyl sites for hydroxylation is 2. The van der Waals surface area contributed by atoms with Crippen LogP contribution in [0.1, 0.15) is 28.3 Å². The molecule has 0 radical (unpaired) electrons. The number of aliphatic hydroxyl groups is 1. The molecule has 1 unspecified atom stereocenters. The molecule has 1 saturated heterocycles. The molecular weight excluding hydrogens is 424 g/mol. The summed E-state index contributed by atoms with van der Waals surface area (Å²) in [7, 11) is 0. The fraction of sp³-hybridized carbons (Fsp3) is 0.120. The molecule has 4 rings (SSSR count). The zero-order chi connectivity index (χ0) is 23.9. The van der Waals surface area contributed by atoms with Gasteiger partial charge in [0.1, 0.15) is 11.5 Å². The Hall–Kier alpha value is -4.46. The minimum Gasteiger partial charge on any atom is -0.508 e. The minimum absolute atomic E-state index is 0.0616. The molecule has 1 aliphatic heterocycles. The normalized spacial score (nSPS) is 17.4.